The third-order valence-corrected chi connectivity index (χ3v) is 4.82. The Hall–Kier alpha value is -1.34. The predicted octanol–water partition coefficient (Wildman–Crippen LogP) is 4.59. The van der Waals surface area contributed by atoms with Crippen LogP contribution in [0.15, 0.2) is 42.5 Å². The van der Waals surface area contributed by atoms with Crippen LogP contribution in [-0.2, 0) is 5.54 Å². The minimum absolute atomic E-state index is 0.125. The average molecular weight is 253 g/mol. The van der Waals surface area contributed by atoms with Crippen molar-refractivity contribution in [3.05, 3.63) is 48.0 Å². The molecule has 0 aliphatic heterocycles. The Kier molecular flexibility index (Phi) is 2.90. The molecule has 2 aromatic carbocycles. The molecule has 0 unspecified atom stereocenters. The summed E-state index contributed by atoms with van der Waals surface area (Å²) in [4.78, 5) is 0. The SMILES string of the molecule is CC1(C)CCC(N)(c2ccc3ccccc3c2)CC1. The maximum absolute atomic E-state index is 6.69. The third kappa shape index (κ3) is 2.40. The van der Waals surface area contributed by atoms with Gasteiger partial charge in [0.2, 0.25) is 0 Å². The summed E-state index contributed by atoms with van der Waals surface area (Å²) in [6.45, 7) is 4.71. The lowest BCUT2D eigenvalue weighted by Crippen LogP contribution is -2.42. The molecule has 100 valence electrons. The summed E-state index contributed by atoms with van der Waals surface area (Å²) in [6, 6.07) is 15.2. The van der Waals surface area contributed by atoms with Crippen LogP contribution in [0, 0.1) is 5.41 Å². The summed E-state index contributed by atoms with van der Waals surface area (Å²) < 4.78 is 0. The molecule has 19 heavy (non-hydrogen) atoms. The van der Waals surface area contributed by atoms with Crippen LogP contribution >= 0.6 is 0 Å². The van der Waals surface area contributed by atoms with E-state index in [9.17, 15) is 0 Å². The molecule has 0 spiro atoms. The molecule has 1 heteroatoms. The fourth-order valence-electron chi connectivity index (χ4n) is 3.16. The molecule has 0 heterocycles. The molecule has 0 atom stereocenters. The number of hydrogen-bond acceptors (Lipinski definition) is 1. The van der Waals surface area contributed by atoms with E-state index in [1.54, 1.807) is 0 Å². The van der Waals surface area contributed by atoms with Gasteiger partial charge in [-0.3, -0.25) is 0 Å². The number of nitrogens with two attached hydrogens (primary N) is 1. The average Bonchev–Trinajstić information content (AvgIpc) is 2.42. The molecule has 1 aliphatic rings. The quantitative estimate of drug-likeness (QED) is 0.790. The minimum Gasteiger partial charge on any atom is -0.321 e. The smallest absolute Gasteiger partial charge is 0.0410 e. The van der Waals surface area contributed by atoms with Crippen molar-refractivity contribution in [2.24, 2.45) is 11.1 Å². The van der Waals surface area contributed by atoms with Gasteiger partial charge in [-0.25, -0.2) is 0 Å². The van der Waals surface area contributed by atoms with Crippen molar-refractivity contribution in [3.8, 4) is 0 Å². The Morgan fingerprint density at radius 3 is 2.16 bits per heavy atom. The first kappa shape index (κ1) is 12.7. The molecule has 1 aliphatic carbocycles. The van der Waals surface area contributed by atoms with Crippen LogP contribution in [-0.4, -0.2) is 0 Å². The van der Waals surface area contributed by atoms with Gasteiger partial charge in [0.1, 0.15) is 0 Å². The van der Waals surface area contributed by atoms with Crippen molar-refractivity contribution >= 4 is 10.8 Å². The zero-order valence-corrected chi connectivity index (χ0v) is 11.9. The molecule has 0 saturated heterocycles. The van der Waals surface area contributed by atoms with Gasteiger partial charge in [0.05, 0.1) is 0 Å². The Labute approximate surface area is 115 Å². The second-order valence-electron chi connectivity index (χ2n) is 6.88. The molecule has 1 nitrogen and oxygen atoms in total. The standard InChI is InChI=1S/C18H23N/c1-17(2)9-11-18(19,12-10-17)16-8-7-14-5-3-4-6-15(14)13-16/h3-8,13H,9-12,19H2,1-2H3. The maximum Gasteiger partial charge on any atom is 0.0410 e. The molecule has 2 aromatic rings. The fourth-order valence-corrected chi connectivity index (χ4v) is 3.16. The van der Waals surface area contributed by atoms with E-state index >= 15 is 0 Å². The second kappa shape index (κ2) is 4.35. The summed E-state index contributed by atoms with van der Waals surface area (Å²) in [7, 11) is 0. The van der Waals surface area contributed by atoms with E-state index in [1.807, 2.05) is 0 Å². The molecule has 1 saturated carbocycles. The van der Waals surface area contributed by atoms with Crippen molar-refractivity contribution < 1.29 is 0 Å². The van der Waals surface area contributed by atoms with Crippen LogP contribution < -0.4 is 5.73 Å². The first-order valence-corrected chi connectivity index (χ1v) is 7.27. The van der Waals surface area contributed by atoms with Crippen LogP contribution in [0.5, 0.6) is 0 Å². The number of fused-ring (bicyclic) bond motifs is 1. The zero-order valence-electron chi connectivity index (χ0n) is 11.9. The van der Waals surface area contributed by atoms with Crippen molar-refractivity contribution in [1.29, 1.82) is 0 Å². The van der Waals surface area contributed by atoms with Crippen molar-refractivity contribution in [2.75, 3.05) is 0 Å². The molecule has 0 radical (unpaired) electrons. The molecule has 0 amide bonds. The van der Waals surface area contributed by atoms with Crippen LogP contribution in [0.3, 0.4) is 0 Å². The molecule has 1 fully saturated rings. The second-order valence-corrected chi connectivity index (χ2v) is 6.88. The van der Waals surface area contributed by atoms with E-state index in [0.29, 0.717) is 5.41 Å². The van der Waals surface area contributed by atoms with Gasteiger partial charge in [0.25, 0.3) is 0 Å². The molecule has 3 rings (SSSR count). The Morgan fingerprint density at radius 1 is 0.842 bits per heavy atom. The van der Waals surface area contributed by atoms with Crippen LogP contribution in [0.25, 0.3) is 10.8 Å². The monoisotopic (exact) mass is 253 g/mol. The van der Waals surface area contributed by atoms with Gasteiger partial charge >= 0.3 is 0 Å². The van der Waals surface area contributed by atoms with Gasteiger partial charge in [-0.2, -0.15) is 0 Å². The topological polar surface area (TPSA) is 26.0 Å². The van der Waals surface area contributed by atoms with Gasteiger partial charge in [-0.15, -0.1) is 0 Å². The highest BCUT2D eigenvalue weighted by molar-refractivity contribution is 5.83. The van der Waals surface area contributed by atoms with Gasteiger partial charge < -0.3 is 5.73 Å². The molecular weight excluding hydrogens is 230 g/mol. The van der Waals surface area contributed by atoms with Gasteiger partial charge in [0.15, 0.2) is 0 Å². The highest BCUT2D eigenvalue weighted by atomic mass is 14.8. The lowest BCUT2D eigenvalue weighted by Gasteiger charge is -2.41. The van der Waals surface area contributed by atoms with E-state index in [4.69, 9.17) is 5.73 Å². The molecule has 2 N–H and O–H groups in total. The molecular formula is C18H23N. The van der Waals surface area contributed by atoms with Gasteiger partial charge in [-0.05, 0) is 53.5 Å². The summed E-state index contributed by atoms with van der Waals surface area (Å²) in [5, 5.41) is 2.60. The molecule has 0 bridgehead atoms. The summed E-state index contributed by atoms with van der Waals surface area (Å²) in [5.41, 5.74) is 8.33. The highest BCUT2D eigenvalue weighted by Gasteiger charge is 2.36. The largest absolute Gasteiger partial charge is 0.321 e. The first-order valence-electron chi connectivity index (χ1n) is 7.27. The number of rotatable bonds is 1. The molecule has 0 aromatic heterocycles. The van der Waals surface area contributed by atoms with E-state index < -0.39 is 0 Å². The van der Waals surface area contributed by atoms with Crippen molar-refractivity contribution in [3.63, 3.8) is 0 Å². The third-order valence-electron chi connectivity index (χ3n) is 4.82. The van der Waals surface area contributed by atoms with Crippen LogP contribution in [0.1, 0.15) is 45.1 Å². The van der Waals surface area contributed by atoms with Gasteiger partial charge in [-0.1, -0.05) is 50.2 Å². The Balaban J connectivity index is 1.95. The highest BCUT2D eigenvalue weighted by Crippen LogP contribution is 2.44. The number of hydrogen-bond donors (Lipinski definition) is 1. The Morgan fingerprint density at radius 2 is 1.47 bits per heavy atom. The number of benzene rings is 2. The van der Waals surface area contributed by atoms with Crippen LogP contribution in [0.2, 0.25) is 0 Å². The Bertz CT molecular complexity index is 587. The van der Waals surface area contributed by atoms with Crippen molar-refractivity contribution in [2.45, 2.75) is 45.1 Å². The van der Waals surface area contributed by atoms with E-state index in [1.165, 1.54) is 29.2 Å². The lowest BCUT2D eigenvalue weighted by atomic mass is 9.67. The predicted molar refractivity (Wildman–Crippen MR) is 82.1 cm³/mol. The normalized spacial score (nSPS) is 21.4. The minimum atomic E-state index is -0.125. The zero-order chi connectivity index (χ0) is 13.5. The van der Waals surface area contributed by atoms with E-state index in [0.717, 1.165) is 12.8 Å². The first-order chi connectivity index (χ1) is 8.99. The van der Waals surface area contributed by atoms with Crippen LogP contribution in [0.4, 0.5) is 0 Å². The van der Waals surface area contributed by atoms with E-state index in [2.05, 4.69) is 56.3 Å². The summed E-state index contributed by atoms with van der Waals surface area (Å²) in [5.74, 6) is 0. The summed E-state index contributed by atoms with van der Waals surface area (Å²) >= 11 is 0. The maximum atomic E-state index is 6.69. The van der Waals surface area contributed by atoms with Crippen molar-refractivity contribution in [1.82, 2.24) is 0 Å². The van der Waals surface area contributed by atoms with E-state index in [-0.39, 0.29) is 5.54 Å². The summed E-state index contributed by atoms with van der Waals surface area (Å²) in [6.07, 6.45) is 4.63. The fraction of sp³-hybridized carbons (Fsp3) is 0.444. The lowest BCUT2D eigenvalue weighted by molar-refractivity contribution is 0.165. The van der Waals surface area contributed by atoms with Gasteiger partial charge in [0, 0.05) is 5.54 Å².